The van der Waals surface area contributed by atoms with Gasteiger partial charge in [0.1, 0.15) is 11.9 Å². The molecular formula is C17H21NO3. The Kier molecular flexibility index (Phi) is 5.58. The lowest BCUT2D eigenvalue weighted by Crippen LogP contribution is -2.33. The van der Waals surface area contributed by atoms with E-state index in [0.29, 0.717) is 12.3 Å². The summed E-state index contributed by atoms with van der Waals surface area (Å²) in [4.78, 5) is 12.4. The maximum atomic E-state index is 12.4. The van der Waals surface area contributed by atoms with Crippen molar-refractivity contribution >= 4 is 5.91 Å². The molecule has 2 aromatic rings. The van der Waals surface area contributed by atoms with E-state index < -0.39 is 0 Å². The van der Waals surface area contributed by atoms with Gasteiger partial charge in [0.2, 0.25) is 5.91 Å². The van der Waals surface area contributed by atoms with E-state index in [-0.39, 0.29) is 17.9 Å². The molecule has 0 bridgehead atoms. The van der Waals surface area contributed by atoms with E-state index in [0.717, 1.165) is 12.0 Å². The van der Waals surface area contributed by atoms with E-state index in [1.807, 2.05) is 49.4 Å². The second-order valence-corrected chi connectivity index (χ2v) is 4.86. The molecule has 0 fully saturated rings. The molecule has 21 heavy (non-hydrogen) atoms. The highest BCUT2D eigenvalue weighted by Crippen LogP contribution is 2.20. The first-order valence-electron chi connectivity index (χ1n) is 7.15. The number of amides is 1. The van der Waals surface area contributed by atoms with Crippen LogP contribution in [0, 0.1) is 0 Å². The van der Waals surface area contributed by atoms with Crippen LogP contribution in [0.4, 0.5) is 0 Å². The minimum Gasteiger partial charge on any atom is -0.467 e. The van der Waals surface area contributed by atoms with E-state index >= 15 is 0 Å². The SMILES string of the molecule is CC[C@@H](C(=O)NC[C@@H](OC)c1ccco1)c1ccccc1. The van der Waals surface area contributed by atoms with Crippen LogP contribution in [0.15, 0.2) is 53.1 Å². The highest BCUT2D eigenvalue weighted by molar-refractivity contribution is 5.83. The number of hydrogen-bond acceptors (Lipinski definition) is 3. The Morgan fingerprint density at radius 3 is 2.57 bits per heavy atom. The molecule has 0 spiro atoms. The van der Waals surface area contributed by atoms with Crippen molar-refractivity contribution < 1.29 is 13.9 Å². The van der Waals surface area contributed by atoms with Gasteiger partial charge in [0.15, 0.2) is 0 Å². The molecule has 4 heteroatoms. The maximum Gasteiger partial charge on any atom is 0.227 e. The van der Waals surface area contributed by atoms with Crippen molar-refractivity contribution in [1.82, 2.24) is 5.32 Å². The molecule has 0 aliphatic rings. The van der Waals surface area contributed by atoms with Crippen LogP contribution < -0.4 is 5.32 Å². The zero-order chi connectivity index (χ0) is 15.1. The molecule has 4 nitrogen and oxygen atoms in total. The predicted octanol–water partition coefficient (Wildman–Crippen LogP) is 3.28. The Morgan fingerprint density at radius 2 is 2.00 bits per heavy atom. The van der Waals surface area contributed by atoms with Crippen LogP contribution in [0.2, 0.25) is 0 Å². The summed E-state index contributed by atoms with van der Waals surface area (Å²) in [5, 5.41) is 2.95. The third-order valence-corrected chi connectivity index (χ3v) is 3.53. The second-order valence-electron chi connectivity index (χ2n) is 4.86. The van der Waals surface area contributed by atoms with Crippen LogP contribution in [-0.4, -0.2) is 19.6 Å². The molecule has 0 saturated carbocycles. The van der Waals surface area contributed by atoms with Crippen molar-refractivity contribution in [2.75, 3.05) is 13.7 Å². The number of ether oxygens (including phenoxy) is 1. The first kappa shape index (κ1) is 15.3. The van der Waals surface area contributed by atoms with Crippen LogP contribution in [0.3, 0.4) is 0 Å². The number of furan rings is 1. The molecule has 1 heterocycles. The lowest BCUT2D eigenvalue weighted by Gasteiger charge is -2.18. The van der Waals surface area contributed by atoms with Gasteiger partial charge >= 0.3 is 0 Å². The summed E-state index contributed by atoms with van der Waals surface area (Å²) in [6.07, 6.45) is 2.09. The summed E-state index contributed by atoms with van der Waals surface area (Å²) < 4.78 is 10.7. The Balaban J connectivity index is 1.97. The molecule has 112 valence electrons. The Bertz CT molecular complexity index is 536. The van der Waals surface area contributed by atoms with Gasteiger partial charge in [-0.3, -0.25) is 4.79 Å². The van der Waals surface area contributed by atoms with E-state index in [1.165, 1.54) is 0 Å². The van der Waals surface area contributed by atoms with Gasteiger partial charge in [-0.1, -0.05) is 37.3 Å². The van der Waals surface area contributed by atoms with E-state index in [2.05, 4.69) is 5.32 Å². The van der Waals surface area contributed by atoms with E-state index in [9.17, 15) is 4.79 Å². The van der Waals surface area contributed by atoms with E-state index in [4.69, 9.17) is 9.15 Å². The quantitative estimate of drug-likeness (QED) is 0.850. The van der Waals surface area contributed by atoms with Crippen molar-refractivity contribution in [3.63, 3.8) is 0 Å². The zero-order valence-corrected chi connectivity index (χ0v) is 12.4. The Labute approximate surface area is 125 Å². The molecule has 0 unspecified atom stereocenters. The highest BCUT2D eigenvalue weighted by atomic mass is 16.5. The van der Waals surface area contributed by atoms with Crippen molar-refractivity contribution in [2.24, 2.45) is 0 Å². The van der Waals surface area contributed by atoms with Gasteiger partial charge in [0, 0.05) is 7.11 Å². The average molecular weight is 287 g/mol. The first-order valence-corrected chi connectivity index (χ1v) is 7.15. The highest BCUT2D eigenvalue weighted by Gasteiger charge is 2.20. The molecule has 0 aliphatic carbocycles. The minimum atomic E-state index is -0.266. The summed E-state index contributed by atoms with van der Waals surface area (Å²) in [7, 11) is 1.61. The fourth-order valence-corrected chi connectivity index (χ4v) is 2.35. The molecule has 1 aromatic heterocycles. The molecule has 0 saturated heterocycles. The second kappa shape index (κ2) is 7.64. The number of rotatable bonds is 7. The van der Waals surface area contributed by atoms with Crippen molar-refractivity contribution in [2.45, 2.75) is 25.4 Å². The minimum absolute atomic E-state index is 0.0114. The summed E-state index contributed by atoms with van der Waals surface area (Å²) >= 11 is 0. The lowest BCUT2D eigenvalue weighted by molar-refractivity contribution is -0.123. The monoisotopic (exact) mass is 287 g/mol. The molecule has 2 rings (SSSR count). The van der Waals surface area contributed by atoms with Crippen molar-refractivity contribution in [3.05, 3.63) is 60.1 Å². The number of carbonyl (C=O) groups excluding carboxylic acids is 1. The number of carbonyl (C=O) groups is 1. The summed E-state index contributed by atoms with van der Waals surface area (Å²) in [6, 6.07) is 13.5. The summed E-state index contributed by atoms with van der Waals surface area (Å²) in [5.41, 5.74) is 1.03. The standard InChI is InChI=1S/C17H21NO3/c1-3-14(13-8-5-4-6-9-13)17(19)18-12-16(20-2)15-10-7-11-21-15/h4-11,14,16H,3,12H2,1-2H3,(H,18,19)/t14-,16-/m1/s1. The van der Waals surface area contributed by atoms with Gasteiger partial charge in [0.25, 0.3) is 0 Å². The van der Waals surface area contributed by atoms with Crippen LogP contribution in [0.5, 0.6) is 0 Å². The fraction of sp³-hybridized carbons (Fsp3) is 0.353. The Hall–Kier alpha value is -2.07. The largest absolute Gasteiger partial charge is 0.467 e. The summed E-state index contributed by atoms with van der Waals surface area (Å²) in [6.45, 7) is 2.41. The lowest BCUT2D eigenvalue weighted by atomic mass is 9.95. The maximum absolute atomic E-state index is 12.4. The normalized spacial score (nSPS) is 13.6. The van der Waals surface area contributed by atoms with Gasteiger partial charge < -0.3 is 14.5 Å². The van der Waals surface area contributed by atoms with Gasteiger partial charge in [-0.15, -0.1) is 0 Å². The molecule has 1 amide bonds. The van der Waals surface area contributed by atoms with Crippen LogP contribution >= 0.6 is 0 Å². The van der Waals surface area contributed by atoms with Crippen molar-refractivity contribution in [1.29, 1.82) is 0 Å². The third kappa shape index (κ3) is 3.95. The predicted molar refractivity (Wildman–Crippen MR) is 80.9 cm³/mol. The first-order chi connectivity index (χ1) is 10.3. The smallest absolute Gasteiger partial charge is 0.227 e. The number of nitrogens with one attached hydrogen (secondary N) is 1. The molecule has 1 aromatic carbocycles. The number of benzene rings is 1. The van der Waals surface area contributed by atoms with Crippen LogP contribution in [0.1, 0.15) is 36.7 Å². The van der Waals surface area contributed by atoms with Crippen LogP contribution in [0.25, 0.3) is 0 Å². The summed E-state index contributed by atoms with van der Waals surface area (Å²) in [5.74, 6) is 0.586. The zero-order valence-electron chi connectivity index (χ0n) is 12.4. The van der Waals surface area contributed by atoms with E-state index in [1.54, 1.807) is 13.4 Å². The third-order valence-electron chi connectivity index (χ3n) is 3.53. The van der Waals surface area contributed by atoms with Gasteiger partial charge in [-0.25, -0.2) is 0 Å². The molecular weight excluding hydrogens is 266 g/mol. The molecule has 0 aliphatic heterocycles. The fourth-order valence-electron chi connectivity index (χ4n) is 2.35. The molecule has 2 atom stereocenters. The average Bonchev–Trinajstić information content (AvgIpc) is 3.04. The topological polar surface area (TPSA) is 51.5 Å². The van der Waals surface area contributed by atoms with Crippen molar-refractivity contribution in [3.8, 4) is 0 Å². The van der Waals surface area contributed by atoms with Gasteiger partial charge in [0.05, 0.1) is 18.7 Å². The van der Waals surface area contributed by atoms with Gasteiger partial charge in [-0.2, -0.15) is 0 Å². The van der Waals surface area contributed by atoms with Crippen LogP contribution in [-0.2, 0) is 9.53 Å². The Morgan fingerprint density at radius 1 is 1.24 bits per heavy atom. The number of methoxy groups -OCH3 is 1. The number of hydrogen-bond donors (Lipinski definition) is 1. The molecule has 1 N–H and O–H groups in total. The molecule has 0 radical (unpaired) electrons. The van der Waals surface area contributed by atoms with Gasteiger partial charge in [-0.05, 0) is 24.1 Å².